The number of anilines is 2. The van der Waals surface area contributed by atoms with Gasteiger partial charge in [0.2, 0.25) is 12.1 Å². The Bertz CT molecular complexity index is 793. The summed E-state index contributed by atoms with van der Waals surface area (Å²) < 4.78 is 19.7. The summed E-state index contributed by atoms with van der Waals surface area (Å²) in [6.07, 6.45) is 2.21. The molecule has 1 unspecified atom stereocenters. The van der Waals surface area contributed by atoms with Crippen LogP contribution in [-0.4, -0.2) is 55.6 Å². The number of hydrogen-bond donors (Lipinski definition) is 1. The Kier molecular flexibility index (Phi) is 4.88. The Morgan fingerprint density at radius 1 is 1.50 bits per heavy atom. The second-order valence-corrected chi connectivity index (χ2v) is 5.84. The van der Waals surface area contributed by atoms with Gasteiger partial charge in [0.1, 0.15) is 18.3 Å². The third kappa shape index (κ3) is 3.66. The second kappa shape index (κ2) is 7.26. The van der Waals surface area contributed by atoms with Gasteiger partial charge < -0.3 is 15.0 Å². The average molecular weight is 360 g/mol. The van der Waals surface area contributed by atoms with E-state index in [0.29, 0.717) is 24.5 Å². The summed E-state index contributed by atoms with van der Waals surface area (Å²) in [4.78, 5) is 25.9. The monoisotopic (exact) mass is 360 g/mol. The van der Waals surface area contributed by atoms with Crippen molar-refractivity contribution in [3.63, 3.8) is 0 Å². The highest BCUT2D eigenvalue weighted by Crippen LogP contribution is 2.28. The molecule has 0 bridgehead atoms. The molecule has 2 heterocycles. The van der Waals surface area contributed by atoms with E-state index in [1.54, 1.807) is 17.0 Å². The molecule has 136 valence electrons. The molecule has 2 amide bonds. The fourth-order valence-corrected chi connectivity index (χ4v) is 2.69. The number of benzene rings is 1. The van der Waals surface area contributed by atoms with Crippen LogP contribution in [0.5, 0.6) is 0 Å². The van der Waals surface area contributed by atoms with E-state index < -0.39 is 18.0 Å². The molecule has 1 aromatic rings. The maximum absolute atomic E-state index is 14.5. The van der Waals surface area contributed by atoms with E-state index in [4.69, 9.17) is 10.00 Å². The maximum Gasteiger partial charge on any atom is 0.414 e. The van der Waals surface area contributed by atoms with Crippen LogP contribution >= 0.6 is 0 Å². The van der Waals surface area contributed by atoms with Crippen LogP contribution in [0.15, 0.2) is 23.3 Å². The van der Waals surface area contributed by atoms with Crippen molar-refractivity contribution in [1.29, 1.82) is 5.26 Å². The number of carbonyl (C=O) groups excluding carboxylic acids is 2. The molecule has 1 atom stereocenters. The molecule has 0 aliphatic carbocycles. The minimum Gasteiger partial charge on any atom is -0.442 e. The van der Waals surface area contributed by atoms with E-state index >= 15 is 0 Å². The number of hydrogen-bond acceptors (Lipinski definition) is 7. The molecule has 1 fully saturated rings. The number of nitrogens with one attached hydrogen (secondary N) is 1. The standard InChI is InChI=1S/C16H17FN6O3/c1-11(24)19-7-13-8-23(16(25)26-13)12-2-3-15(14(17)6-12)21-4-5-22(9-18)20-10-21/h2-3,6,10,13H,4-5,7-8H2,1H3,(H,19,24). The smallest absolute Gasteiger partial charge is 0.414 e. The van der Waals surface area contributed by atoms with Gasteiger partial charge in [0.05, 0.1) is 31.0 Å². The van der Waals surface area contributed by atoms with Crippen molar-refractivity contribution >= 4 is 29.7 Å². The lowest BCUT2D eigenvalue weighted by molar-refractivity contribution is -0.119. The lowest BCUT2D eigenvalue weighted by atomic mass is 10.2. The van der Waals surface area contributed by atoms with Gasteiger partial charge in [-0.3, -0.25) is 9.69 Å². The van der Waals surface area contributed by atoms with Crippen molar-refractivity contribution in [2.24, 2.45) is 5.10 Å². The number of cyclic esters (lactones) is 1. The van der Waals surface area contributed by atoms with Crippen LogP contribution in [0.3, 0.4) is 0 Å². The molecule has 0 spiro atoms. The minimum atomic E-state index is -0.586. The fourth-order valence-electron chi connectivity index (χ4n) is 2.69. The summed E-state index contributed by atoms with van der Waals surface area (Å²) in [5, 5.41) is 16.5. The molecule has 10 heteroatoms. The quantitative estimate of drug-likeness (QED) is 0.798. The second-order valence-electron chi connectivity index (χ2n) is 5.84. The van der Waals surface area contributed by atoms with Crippen LogP contribution in [0, 0.1) is 17.3 Å². The number of halogens is 1. The molecule has 9 nitrogen and oxygen atoms in total. The Balaban J connectivity index is 1.71. The normalized spacial score (nSPS) is 19.3. The van der Waals surface area contributed by atoms with Crippen LogP contribution in [-0.2, 0) is 9.53 Å². The van der Waals surface area contributed by atoms with Gasteiger partial charge in [-0.25, -0.2) is 9.18 Å². The third-order valence-corrected chi connectivity index (χ3v) is 4.00. The highest BCUT2D eigenvalue weighted by atomic mass is 19.1. The summed E-state index contributed by atoms with van der Waals surface area (Å²) in [6.45, 7) is 2.58. The maximum atomic E-state index is 14.5. The number of amides is 2. The van der Waals surface area contributed by atoms with Gasteiger partial charge in [-0.15, -0.1) is 0 Å². The lowest BCUT2D eigenvalue weighted by Gasteiger charge is -2.26. The predicted octanol–water partition coefficient (Wildman–Crippen LogP) is 0.833. The van der Waals surface area contributed by atoms with Crippen LogP contribution in [0.4, 0.5) is 20.6 Å². The summed E-state index contributed by atoms with van der Waals surface area (Å²) >= 11 is 0. The largest absolute Gasteiger partial charge is 0.442 e. The van der Waals surface area contributed by atoms with Gasteiger partial charge in [-0.2, -0.15) is 15.4 Å². The number of nitriles is 1. The zero-order valence-electron chi connectivity index (χ0n) is 14.1. The third-order valence-electron chi connectivity index (χ3n) is 4.00. The first kappa shape index (κ1) is 17.5. The van der Waals surface area contributed by atoms with Gasteiger partial charge >= 0.3 is 6.09 Å². The summed E-state index contributed by atoms with van der Waals surface area (Å²) in [5.41, 5.74) is 0.673. The van der Waals surface area contributed by atoms with E-state index in [2.05, 4.69) is 10.4 Å². The highest BCUT2D eigenvalue weighted by Gasteiger charge is 2.33. The molecule has 0 aromatic heterocycles. The minimum absolute atomic E-state index is 0.206. The van der Waals surface area contributed by atoms with Crippen LogP contribution in [0.2, 0.25) is 0 Å². The molecule has 2 aliphatic heterocycles. The number of nitrogens with zero attached hydrogens (tertiary/aromatic N) is 5. The first-order valence-electron chi connectivity index (χ1n) is 7.98. The first-order valence-corrected chi connectivity index (χ1v) is 7.98. The number of carbonyl (C=O) groups is 2. The number of hydrazone groups is 1. The summed E-state index contributed by atoms with van der Waals surface area (Å²) in [7, 11) is 0. The lowest BCUT2D eigenvalue weighted by Crippen LogP contribution is -2.36. The van der Waals surface area contributed by atoms with E-state index in [1.807, 2.05) is 6.19 Å². The summed E-state index contributed by atoms with van der Waals surface area (Å²) in [6, 6.07) is 4.42. The van der Waals surface area contributed by atoms with Crippen molar-refractivity contribution in [3.8, 4) is 6.19 Å². The van der Waals surface area contributed by atoms with E-state index in [-0.39, 0.29) is 19.0 Å². The van der Waals surface area contributed by atoms with Crippen molar-refractivity contribution < 1.29 is 18.7 Å². The van der Waals surface area contributed by atoms with Crippen molar-refractivity contribution in [1.82, 2.24) is 10.3 Å². The molecule has 1 N–H and O–H groups in total. The predicted molar refractivity (Wildman–Crippen MR) is 90.9 cm³/mol. The Hall–Kier alpha value is -3.35. The molecule has 1 aromatic carbocycles. The average Bonchev–Trinajstić information content (AvgIpc) is 3.01. The SMILES string of the molecule is CC(=O)NCC1CN(c2ccc(N3C=NN(C#N)CC3)c(F)c2)C(=O)O1. The van der Waals surface area contributed by atoms with Crippen molar-refractivity contribution in [2.45, 2.75) is 13.0 Å². The Labute approximate surface area is 149 Å². The molecule has 1 saturated heterocycles. The van der Waals surface area contributed by atoms with Gasteiger partial charge in [-0.05, 0) is 18.2 Å². The van der Waals surface area contributed by atoms with Crippen LogP contribution in [0.1, 0.15) is 6.92 Å². The van der Waals surface area contributed by atoms with Crippen molar-refractivity contribution in [2.75, 3.05) is 36.0 Å². The molecular formula is C16H17FN6O3. The number of ether oxygens (including phenoxy) is 1. The van der Waals surface area contributed by atoms with Gasteiger partial charge in [0.25, 0.3) is 0 Å². The zero-order chi connectivity index (χ0) is 18.7. The summed E-state index contributed by atoms with van der Waals surface area (Å²) in [5.74, 6) is -0.731. The highest BCUT2D eigenvalue weighted by molar-refractivity contribution is 5.90. The topological polar surface area (TPSA) is 101 Å². The molecule has 0 saturated carbocycles. The first-order chi connectivity index (χ1) is 12.5. The Morgan fingerprint density at radius 2 is 2.31 bits per heavy atom. The molecule has 3 rings (SSSR count). The van der Waals surface area contributed by atoms with Crippen molar-refractivity contribution in [3.05, 3.63) is 24.0 Å². The van der Waals surface area contributed by atoms with Gasteiger partial charge in [-0.1, -0.05) is 0 Å². The zero-order valence-corrected chi connectivity index (χ0v) is 14.1. The fraction of sp³-hybridized carbons (Fsp3) is 0.375. The molecule has 26 heavy (non-hydrogen) atoms. The molecular weight excluding hydrogens is 343 g/mol. The Morgan fingerprint density at radius 3 is 2.92 bits per heavy atom. The van der Waals surface area contributed by atoms with Crippen LogP contribution < -0.4 is 15.1 Å². The number of rotatable bonds is 4. The van der Waals surface area contributed by atoms with E-state index in [0.717, 1.165) is 0 Å². The van der Waals surface area contributed by atoms with Gasteiger partial charge in [0.15, 0.2) is 0 Å². The van der Waals surface area contributed by atoms with E-state index in [9.17, 15) is 14.0 Å². The van der Waals surface area contributed by atoms with E-state index in [1.165, 1.54) is 29.2 Å². The van der Waals surface area contributed by atoms with Crippen LogP contribution in [0.25, 0.3) is 0 Å². The molecule has 2 aliphatic rings. The van der Waals surface area contributed by atoms with Gasteiger partial charge in [0, 0.05) is 13.5 Å². The molecule has 0 radical (unpaired) electrons.